The monoisotopic (exact) mass is 569 g/mol. The van der Waals surface area contributed by atoms with Crippen molar-refractivity contribution in [3.05, 3.63) is 64.2 Å². The first-order chi connectivity index (χ1) is 19.0. The molecule has 2 aliphatic rings. The van der Waals surface area contributed by atoms with Crippen LogP contribution in [0.3, 0.4) is 0 Å². The third-order valence-corrected chi connectivity index (χ3v) is 8.88. The summed E-state index contributed by atoms with van der Waals surface area (Å²) in [5.41, 5.74) is 16.6. The number of hydrogen-bond donors (Lipinski definition) is 2. The van der Waals surface area contributed by atoms with E-state index in [1.807, 2.05) is 26.1 Å². The molecule has 0 aliphatic carbocycles. The number of hydrogen-bond acceptors (Lipinski definition) is 7. The number of amidine groups is 1. The number of ether oxygens (including phenoxy) is 1. The second kappa shape index (κ2) is 12.5. The minimum atomic E-state index is -4.04. The number of carbonyl (C=O) groups excluding carboxylic acids is 2. The number of piperidine rings is 1. The molecule has 2 aromatic carbocycles. The van der Waals surface area contributed by atoms with Gasteiger partial charge >= 0.3 is 5.97 Å². The van der Waals surface area contributed by atoms with Crippen molar-refractivity contribution in [3.8, 4) is 0 Å². The topological polar surface area (TPSA) is 148 Å². The molecule has 0 spiro atoms. The van der Waals surface area contributed by atoms with Gasteiger partial charge in [0.25, 0.3) is 10.0 Å². The molecule has 0 unspecified atom stereocenters. The zero-order valence-electron chi connectivity index (χ0n) is 23.4. The van der Waals surface area contributed by atoms with E-state index in [4.69, 9.17) is 16.2 Å². The highest BCUT2D eigenvalue weighted by atomic mass is 32.2. The largest absolute Gasteiger partial charge is 0.464 e. The smallest absolute Gasteiger partial charge is 0.328 e. The summed E-state index contributed by atoms with van der Waals surface area (Å²) >= 11 is 0. The fourth-order valence-corrected chi connectivity index (χ4v) is 6.37. The van der Waals surface area contributed by atoms with Crippen LogP contribution in [-0.4, -0.2) is 74.8 Å². The highest BCUT2D eigenvalue weighted by molar-refractivity contribution is 7.90. The summed E-state index contributed by atoms with van der Waals surface area (Å²) in [5.74, 6) is -0.855. The fraction of sp³-hybridized carbons (Fsp3) is 0.483. The van der Waals surface area contributed by atoms with E-state index < -0.39 is 28.1 Å². The van der Waals surface area contributed by atoms with Crippen LogP contribution in [-0.2, 0) is 43.7 Å². The van der Waals surface area contributed by atoms with Gasteiger partial charge in [-0.15, -0.1) is 4.40 Å². The van der Waals surface area contributed by atoms with Gasteiger partial charge in [-0.3, -0.25) is 4.79 Å². The number of aryl methyl sites for hydroxylation is 1. The van der Waals surface area contributed by atoms with Gasteiger partial charge in [0, 0.05) is 25.2 Å². The third kappa shape index (κ3) is 6.71. The maximum Gasteiger partial charge on any atom is 0.328 e. The molecule has 0 saturated carbocycles. The van der Waals surface area contributed by atoms with Crippen LogP contribution in [0.2, 0.25) is 0 Å². The quantitative estimate of drug-likeness (QED) is 0.278. The van der Waals surface area contributed by atoms with Crippen molar-refractivity contribution >= 4 is 27.7 Å². The average Bonchev–Trinajstić information content (AvgIpc) is 2.93. The molecule has 2 atom stereocenters. The van der Waals surface area contributed by atoms with Gasteiger partial charge in [0.2, 0.25) is 5.91 Å². The molecule has 1 fully saturated rings. The van der Waals surface area contributed by atoms with Gasteiger partial charge in [-0.25, -0.2) is 4.79 Å². The van der Waals surface area contributed by atoms with E-state index in [1.165, 1.54) is 4.90 Å². The molecule has 0 bridgehead atoms. The average molecular weight is 570 g/mol. The molecule has 2 aromatic rings. The van der Waals surface area contributed by atoms with Crippen LogP contribution in [0.15, 0.2) is 45.7 Å². The first-order valence-electron chi connectivity index (χ1n) is 13.7. The van der Waals surface area contributed by atoms with E-state index in [9.17, 15) is 18.0 Å². The normalized spacial score (nSPS) is 19.1. The molecule has 2 aliphatic heterocycles. The van der Waals surface area contributed by atoms with Crippen molar-refractivity contribution in [3.63, 3.8) is 0 Å². The highest BCUT2D eigenvalue weighted by Crippen LogP contribution is 2.24. The second-order valence-electron chi connectivity index (χ2n) is 10.6. The minimum Gasteiger partial charge on any atom is -0.464 e. The van der Waals surface area contributed by atoms with E-state index in [0.717, 1.165) is 42.5 Å². The van der Waals surface area contributed by atoms with Gasteiger partial charge in [0.15, 0.2) is 0 Å². The number of amides is 1. The van der Waals surface area contributed by atoms with Crippen LogP contribution >= 0.6 is 0 Å². The predicted octanol–water partition coefficient (Wildman–Crippen LogP) is 1.89. The summed E-state index contributed by atoms with van der Waals surface area (Å²) in [6.45, 7) is 5.85. The molecule has 216 valence electrons. The first-order valence-corrected chi connectivity index (χ1v) is 15.2. The summed E-state index contributed by atoms with van der Waals surface area (Å²) in [5, 5.41) is 0. The molecule has 4 N–H and O–H groups in total. The SMILES string of the molecule is CCOC(=O)[C@@H]1CCCCN1C(=O)[C@H](N)Cc1ccc(C)c(C(N)=NS(=O)(=O)c2ccc3c(c2)CN(C)CC3)c1. The Balaban J connectivity index is 1.52. The maximum absolute atomic E-state index is 13.2. The van der Waals surface area contributed by atoms with Crippen molar-refractivity contribution < 1.29 is 22.7 Å². The molecule has 40 heavy (non-hydrogen) atoms. The van der Waals surface area contributed by atoms with Gasteiger partial charge in [-0.1, -0.05) is 18.2 Å². The lowest BCUT2D eigenvalue weighted by Gasteiger charge is -2.35. The number of nitrogens with two attached hydrogens (primary N) is 2. The van der Waals surface area contributed by atoms with Crippen LogP contribution in [0, 0.1) is 6.92 Å². The first kappa shape index (κ1) is 29.7. The molecule has 2 heterocycles. The van der Waals surface area contributed by atoms with Gasteiger partial charge in [-0.2, -0.15) is 8.42 Å². The number of fused-ring (bicyclic) bond motifs is 1. The molecule has 4 rings (SSSR count). The van der Waals surface area contributed by atoms with E-state index in [1.54, 1.807) is 31.2 Å². The highest BCUT2D eigenvalue weighted by Gasteiger charge is 2.35. The fourth-order valence-electron chi connectivity index (χ4n) is 5.37. The molecular formula is C29H39N5O5S. The molecular weight excluding hydrogens is 530 g/mol. The predicted molar refractivity (Wildman–Crippen MR) is 153 cm³/mol. The van der Waals surface area contributed by atoms with Crippen molar-refractivity contribution in [2.24, 2.45) is 15.9 Å². The van der Waals surface area contributed by atoms with Crippen LogP contribution in [0.4, 0.5) is 0 Å². The standard InChI is InChI=1S/C29H39N5O5S/c1-4-39-29(36)26-7-5-6-13-34(26)28(35)25(30)16-20-9-8-19(2)24(15-20)27(31)32-40(37,38)23-11-10-21-12-14-33(3)18-22(21)17-23/h8-11,15,17,25-26H,4-7,12-14,16,18,30H2,1-3H3,(H2,31,32)/t25-,26+/m1/s1. The Bertz CT molecular complexity index is 1410. The van der Waals surface area contributed by atoms with Crippen molar-refractivity contribution in [1.29, 1.82) is 0 Å². The molecule has 0 radical (unpaired) electrons. The summed E-state index contributed by atoms with van der Waals surface area (Å²) in [6, 6.07) is 8.93. The molecule has 11 heteroatoms. The van der Waals surface area contributed by atoms with E-state index in [-0.39, 0.29) is 29.7 Å². The third-order valence-electron chi connectivity index (χ3n) is 7.59. The Labute approximate surface area is 236 Å². The number of nitrogens with zero attached hydrogens (tertiary/aromatic N) is 3. The number of carbonyl (C=O) groups is 2. The number of sulfonamides is 1. The van der Waals surface area contributed by atoms with Gasteiger partial charge in [-0.05, 0) is 93.5 Å². The summed E-state index contributed by atoms with van der Waals surface area (Å²) < 4.78 is 35.4. The van der Waals surface area contributed by atoms with Gasteiger partial charge < -0.3 is 26.0 Å². The Morgan fingerprint density at radius 1 is 1.12 bits per heavy atom. The van der Waals surface area contributed by atoms with E-state index >= 15 is 0 Å². The molecule has 10 nitrogen and oxygen atoms in total. The summed E-state index contributed by atoms with van der Waals surface area (Å²) in [4.78, 5) is 29.4. The van der Waals surface area contributed by atoms with Crippen molar-refractivity contribution in [2.75, 3.05) is 26.7 Å². The Kier molecular flexibility index (Phi) is 9.27. The van der Waals surface area contributed by atoms with Crippen LogP contribution < -0.4 is 11.5 Å². The zero-order valence-corrected chi connectivity index (χ0v) is 24.2. The number of rotatable bonds is 8. The second-order valence-corrected chi connectivity index (χ2v) is 12.2. The van der Waals surface area contributed by atoms with Crippen LogP contribution in [0.5, 0.6) is 0 Å². The Morgan fingerprint density at radius 3 is 2.65 bits per heavy atom. The van der Waals surface area contributed by atoms with Crippen LogP contribution in [0.25, 0.3) is 0 Å². The molecule has 0 aromatic heterocycles. The van der Waals surface area contributed by atoms with Gasteiger partial charge in [0.05, 0.1) is 17.5 Å². The van der Waals surface area contributed by atoms with E-state index in [0.29, 0.717) is 30.6 Å². The Hall–Kier alpha value is -3.28. The lowest BCUT2D eigenvalue weighted by molar-refractivity contribution is -0.157. The van der Waals surface area contributed by atoms with Crippen LogP contribution in [0.1, 0.15) is 54.0 Å². The lowest BCUT2D eigenvalue weighted by atomic mass is 9.97. The zero-order chi connectivity index (χ0) is 29.0. The summed E-state index contributed by atoms with van der Waals surface area (Å²) in [7, 11) is -2.04. The molecule has 1 amide bonds. The lowest BCUT2D eigenvalue weighted by Crippen LogP contribution is -2.54. The van der Waals surface area contributed by atoms with Crippen molar-refractivity contribution in [2.45, 2.75) is 69.5 Å². The van der Waals surface area contributed by atoms with Crippen molar-refractivity contribution in [1.82, 2.24) is 9.80 Å². The minimum absolute atomic E-state index is 0.101. The number of likely N-dealkylation sites (N-methyl/N-ethyl adjacent to an activating group) is 1. The molecule has 1 saturated heterocycles. The maximum atomic E-state index is 13.2. The number of esters is 1. The van der Waals surface area contributed by atoms with Gasteiger partial charge in [0.1, 0.15) is 11.9 Å². The number of benzene rings is 2. The van der Waals surface area contributed by atoms with E-state index in [2.05, 4.69) is 9.30 Å². The summed E-state index contributed by atoms with van der Waals surface area (Å²) in [6.07, 6.45) is 3.25. The Morgan fingerprint density at radius 2 is 1.90 bits per heavy atom. The number of likely N-dealkylation sites (tertiary alicyclic amines) is 1.